The van der Waals surface area contributed by atoms with Crippen molar-refractivity contribution in [1.29, 1.82) is 0 Å². The van der Waals surface area contributed by atoms with Crippen LogP contribution in [0, 0.1) is 5.41 Å². The minimum atomic E-state index is 0.487. The predicted octanol–water partition coefficient (Wildman–Crippen LogP) is 5.16. The first-order valence-corrected chi connectivity index (χ1v) is 8.82. The summed E-state index contributed by atoms with van der Waals surface area (Å²) in [6.45, 7) is 19.4. The zero-order valence-corrected chi connectivity index (χ0v) is 14.9. The van der Waals surface area contributed by atoms with Gasteiger partial charge in [0.1, 0.15) is 0 Å². The molecule has 20 heavy (non-hydrogen) atoms. The van der Waals surface area contributed by atoms with E-state index in [1.165, 1.54) is 57.3 Å². The predicted molar refractivity (Wildman–Crippen MR) is 91.8 cm³/mol. The molecule has 2 nitrogen and oxygen atoms in total. The summed E-state index contributed by atoms with van der Waals surface area (Å²) in [5, 5.41) is 3.52. The van der Waals surface area contributed by atoms with Gasteiger partial charge in [0.2, 0.25) is 0 Å². The normalized spacial score (nSPS) is 29.8. The summed E-state index contributed by atoms with van der Waals surface area (Å²) in [6.07, 6.45) is 8.41. The lowest BCUT2D eigenvalue weighted by Crippen LogP contribution is -2.56. The van der Waals surface area contributed by atoms with Crippen molar-refractivity contribution in [2.75, 3.05) is 13.1 Å². The number of nitrogens with zero attached hydrogens (tertiary/aromatic N) is 1. The van der Waals surface area contributed by atoms with Gasteiger partial charge in [0, 0.05) is 18.8 Å². The van der Waals surface area contributed by atoms with Gasteiger partial charge in [-0.3, -0.25) is 5.32 Å². The second-order valence-electron chi connectivity index (χ2n) is 5.82. The smallest absolute Gasteiger partial charge is 0.0805 e. The zero-order chi connectivity index (χ0) is 15.6. The minimum absolute atomic E-state index is 0.487. The van der Waals surface area contributed by atoms with Crippen LogP contribution in [0.25, 0.3) is 0 Å². The van der Waals surface area contributed by atoms with E-state index in [2.05, 4.69) is 30.6 Å². The van der Waals surface area contributed by atoms with Crippen molar-refractivity contribution in [2.24, 2.45) is 5.41 Å². The van der Waals surface area contributed by atoms with Crippen LogP contribution in [0.1, 0.15) is 80.1 Å². The fourth-order valence-corrected chi connectivity index (χ4v) is 2.79. The molecule has 0 saturated carbocycles. The highest BCUT2D eigenvalue weighted by molar-refractivity contribution is 5.02. The maximum atomic E-state index is 4.29. The number of likely N-dealkylation sites (tertiary alicyclic amines) is 1. The fraction of sp³-hybridized carbons (Fsp3) is 0.889. The van der Waals surface area contributed by atoms with Crippen LogP contribution in [-0.4, -0.2) is 24.2 Å². The molecule has 0 aromatic rings. The van der Waals surface area contributed by atoms with Crippen LogP contribution in [0.4, 0.5) is 0 Å². The average molecular weight is 283 g/mol. The summed E-state index contributed by atoms with van der Waals surface area (Å²) < 4.78 is 0. The quantitative estimate of drug-likeness (QED) is 0.752. The Hall–Kier alpha value is -0.500. The largest absolute Gasteiger partial charge is 0.359 e. The van der Waals surface area contributed by atoms with E-state index in [1.54, 1.807) is 0 Å². The monoisotopic (exact) mass is 282 g/mol. The van der Waals surface area contributed by atoms with E-state index in [1.807, 2.05) is 27.7 Å². The van der Waals surface area contributed by atoms with Crippen LogP contribution in [0.2, 0.25) is 0 Å². The molecule has 2 rings (SSSR count). The molecule has 0 bridgehead atoms. The molecule has 2 fully saturated rings. The highest BCUT2D eigenvalue weighted by Gasteiger charge is 2.33. The molecular formula is C18H38N2. The van der Waals surface area contributed by atoms with Gasteiger partial charge in [0.15, 0.2) is 0 Å². The van der Waals surface area contributed by atoms with E-state index in [4.69, 9.17) is 0 Å². The van der Waals surface area contributed by atoms with Crippen molar-refractivity contribution >= 4 is 0 Å². The molecule has 0 aromatic carbocycles. The van der Waals surface area contributed by atoms with E-state index in [0.29, 0.717) is 11.6 Å². The van der Waals surface area contributed by atoms with Crippen LogP contribution in [0.15, 0.2) is 12.3 Å². The second kappa shape index (κ2) is 10.3. The molecule has 2 heteroatoms. The third-order valence-corrected chi connectivity index (χ3v) is 4.48. The number of rotatable bonds is 2. The van der Waals surface area contributed by atoms with Crippen LogP contribution in [0.3, 0.4) is 0 Å². The van der Waals surface area contributed by atoms with Crippen LogP contribution in [-0.2, 0) is 0 Å². The Morgan fingerprint density at radius 1 is 1.25 bits per heavy atom. The Balaban J connectivity index is 0.000000829. The Morgan fingerprint density at radius 2 is 1.85 bits per heavy atom. The van der Waals surface area contributed by atoms with Crippen molar-refractivity contribution in [3.8, 4) is 0 Å². The van der Waals surface area contributed by atoms with Crippen LogP contribution < -0.4 is 5.32 Å². The van der Waals surface area contributed by atoms with Gasteiger partial charge >= 0.3 is 0 Å². The second-order valence-corrected chi connectivity index (χ2v) is 5.82. The molecule has 2 saturated heterocycles. The Kier molecular flexibility index (Phi) is 10.0. The third kappa shape index (κ3) is 5.47. The van der Waals surface area contributed by atoms with E-state index in [-0.39, 0.29) is 0 Å². The lowest BCUT2D eigenvalue weighted by molar-refractivity contribution is 0.0751. The Morgan fingerprint density at radius 3 is 2.30 bits per heavy atom. The first-order chi connectivity index (χ1) is 9.64. The van der Waals surface area contributed by atoms with Gasteiger partial charge in [-0.05, 0) is 37.5 Å². The summed E-state index contributed by atoms with van der Waals surface area (Å²) >= 11 is 0. The lowest BCUT2D eigenvalue weighted by atomic mass is 9.79. The van der Waals surface area contributed by atoms with Gasteiger partial charge < -0.3 is 4.90 Å². The first-order valence-electron chi connectivity index (χ1n) is 8.82. The summed E-state index contributed by atoms with van der Waals surface area (Å²) in [5.74, 6) is 0. The maximum Gasteiger partial charge on any atom is 0.0805 e. The van der Waals surface area contributed by atoms with E-state index in [0.717, 1.165) is 0 Å². The van der Waals surface area contributed by atoms with Gasteiger partial charge in [0.25, 0.3) is 0 Å². The summed E-state index contributed by atoms with van der Waals surface area (Å²) in [6, 6.07) is 0. The van der Waals surface area contributed by atoms with Crippen molar-refractivity contribution < 1.29 is 0 Å². The molecule has 0 spiro atoms. The number of nitrogens with one attached hydrogen (secondary N) is 1. The zero-order valence-electron chi connectivity index (χ0n) is 14.9. The van der Waals surface area contributed by atoms with E-state index >= 15 is 0 Å². The van der Waals surface area contributed by atoms with Crippen molar-refractivity contribution in [2.45, 2.75) is 86.2 Å². The standard InChI is InChI=1S/C14H26N2.2C2H6/c1-4-14(3)9-6-5-7-12(2)16(11-14)13-8-10-15-13;2*1-2/h13,15H,2,4-11H2,1,3H3;2*1-2H3. The highest BCUT2D eigenvalue weighted by atomic mass is 15.3. The fourth-order valence-electron chi connectivity index (χ4n) is 2.79. The summed E-state index contributed by atoms with van der Waals surface area (Å²) in [4.78, 5) is 2.55. The SMILES string of the molecule is C=C1CCCCC(C)(CC)CN1C1CCN1.CC.CC. The average Bonchev–Trinajstić information content (AvgIpc) is 2.44. The molecule has 2 aliphatic heterocycles. The Bertz CT molecular complexity index is 258. The molecule has 0 radical (unpaired) electrons. The van der Waals surface area contributed by atoms with Gasteiger partial charge in [0.05, 0.1) is 6.17 Å². The molecule has 0 aromatic heterocycles. The van der Waals surface area contributed by atoms with Gasteiger partial charge in [-0.15, -0.1) is 0 Å². The molecule has 2 heterocycles. The van der Waals surface area contributed by atoms with E-state index in [9.17, 15) is 0 Å². The molecule has 0 amide bonds. The molecule has 2 atom stereocenters. The Labute approximate surface area is 128 Å². The molecule has 2 aliphatic rings. The summed E-state index contributed by atoms with van der Waals surface area (Å²) in [5.41, 5.74) is 1.84. The maximum absolute atomic E-state index is 4.29. The van der Waals surface area contributed by atoms with Gasteiger partial charge in [-0.25, -0.2) is 0 Å². The number of hydrogen-bond acceptors (Lipinski definition) is 2. The van der Waals surface area contributed by atoms with Crippen molar-refractivity contribution in [3.05, 3.63) is 12.3 Å². The molecule has 1 N–H and O–H groups in total. The van der Waals surface area contributed by atoms with Crippen molar-refractivity contribution in [3.63, 3.8) is 0 Å². The number of allylic oxidation sites excluding steroid dienone is 1. The topological polar surface area (TPSA) is 15.3 Å². The lowest BCUT2D eigenvalue weighted by Gasteiger charge is -2.47. The molecule has 120 valence electrons. The highest BCUT2D eigenvalue weighted by Crippen LogP contribution is 2.35. The minimum Gasteiger partial charge on any atom is -0.359 e. The van der Waals surface area contributed by atoms with Gasteiger partial charge in [-0.1, -0.05) is 54.5 Å². The summed E-state index contributed by atoms with van der Waals surface area (Å²) in [7, 11) is 0. The molecule has 0 aliphatic carbocycles. The first kappa shape index (κ1) is 19.5. The third-order valence-electron chi connectivity index (χ3n) is 4.48. The van der Waals surface area contributed by atoms with Gasteiger partial charge in [-0.2, -0.15) is 0 Å². The van der Waals surface area contributed by atoms with Crippen LogP contribution in [0.5, 0.6) is 0 Å². The van der Waals surface area contributed by atoms with E-state index < -0.39 is 0 Å². The number of hydrogen-bond donors (Lipinski definition) is 1. The van der Waals surface area contributed by atoms with Crippen molar-refractivity contribution in [1.82, 2.24) is 10.2 Å². The molecule has 2 unspecified atom stereocenters. The van der Waals surface area contributed by atoms with Crippen LogP contribution >= 0.6 is 0 Å². The molecular weight excluding hydrogens is 244 g/mol.